The molecule has 3 heterocycles. The molecule has 3 aliphatic heterocycles. The van der Waals surface area contributed by atoms with E-state index < -0.39 is 0 Å². The number of hydrogen-bond acceptors (Lipinski definition) is 7. The van der Waals surface area contributed by atoms with Crippen LogP contribution in [0.2, 0.25) is 0 Å². The van der Waals surface area contributed by atoms with Crippen molar-refractivity contribution in [1.29, 1.82) is 5.26 Å². The van der Waals surface area contributed by atoms with E-state index >= 15 is 0 Å². The van der Waals surface area contributed by atoms with Crippen molar-refractivity contribution in [2.45, 2.75) is 134 Å². The van der Waals surface area contributed by atoms with Crippen molar-refractivity contribution in [3.63, 3.8) is 0 Å². The standard InChI is InChI=1S/C40H60N6O2/c1-4-37(47)45-23-22-44(27-33(45)18-20-41)38-35-17-19-40(25-31-13-10-9-12-30(31)24-29(40)2)26-36(35)42-39(48-28-34-16-11-21-43(34)3)46(38)32-14-7-5-6-8-15-32/h4,9-10,12-13,29,32-36,38-39,42H,1,5-8,11,14-19,21-28H2,2-3H3/t29?,33?,34?,35?,36?,38?,39?,40-/m0/s1. The average molecular weight is 657 g/mol. The molecule has 1 N–H and O–H groups in total. The topological polar surface area (TPSA) is 75.1 Å². The number of likely N-dealkylation sites (N-methyl/N-ethyl adjacent to an activating group) is 1. The minimum absolute atomic E-state index is 0.0493. The summed E-state index contributed by atoms with van der Waals surface area (Å²) < 4.78 is 7.14. The van der Waals surface area contributed by atoms with Crippen molar-refractivity contribution in [3.8, 4) is 6.07 Å². The average Bonchev–Trinajstić information content (AvgIpc) is 3.32. The van der Waals surface area contributed by atoms with Crippen LogP contribution in [0, 0.1) is 28.6 Å². The molecule has 5 fully saturated rings. The predicted molar refractivity (Wildman–Crippen MR) is 190 cm³/mol. The molecule has 1 spiro atoms. The summed E-state index contributed by atoms with van der Waals surface area (Å²) in [5.74, 6) is 1.07. The number of likely N-dealkylation sites (tertiary alicyclic amines) is 1. The Balaban J connectivity index is 1.23. The molecule has 3 saturated heterocycles. The number of nitrogens with zero attached hydrogens (tertiary/aromatic N) is 5. The molecule has 0 radical (unpaired) electrons. The van der Waals surface area contributed by atoms with Gasteiger partial charge in [0.25, 0.3) is 0 Å². The van der Waals surface area contributed by atoms with Crippen LogP contribution in [0.1, 0.15) is 95.1 Å². The van der Waals surface area contributed by atoms with Crippen LogP contribution >= 0.6 is 0 Å². The number of fused-ring (bicyclic) bond motifs is 2. The van der Waals surface area contributed by atoms with E-state index in [0.29, 0.717) is 48.3 Å². The van der Waals surface area contributed by atoms with Gasteiger partial charge < -0.3 is 14.5 Å². The zero-order valence-corrected chi connectivity index (χ0v) is 29.7. The van der Waals surface area contributed by atoms with Gasteiger partial charge in [-0.25, -0.2) is 4.90 Å². The van der Waals surface area contributed by atoms with Gasteiger partial charge in [-0.2, -0.15) is 5.26 Å². The molecule has 8 heteroatoms. The molecule has 1 amide bonds. The third kappa shape index (κ3) is 6.75. The summed E-state index contributed by atoms with van der Waals surface area (Å²) in [5.41, 5.74) is 3.40. The zero-order chi connectivity index (χ0) is 33.3. The van der Waals surface area contributed by atoms with E-state index in [4.69, 9.17) is 4.74 Å². The van der Waals surface area contributed by atoms with Gasteiger partial charge in [0.15, 0.2) is 6.35 Å². The Labute approximate surface area is 289 Å². The van der Waals surface area contributed by atoms with Crippen molar-refractivity contribution < 1.29 is 9.53 Å². The lowest BCUT2D eigenvalue weighted by Crippen LogP contribution is -2.75. The third-order valence-electron chi connectivity index (χ3n) is 13.7. The molecule has 0 bridgehead atoms. The SMILES string of the molecule is C=CC(=O)N1CCN(C2C3CC[C@]4(Cc5ccccc5CC4C)CC3NC(OCC3CCCN3C)N2C2CCCCCC2)CC1CC#N. The Morgan fingerprint density at radius 1 is 1.06 bits per heavy atom. The molecule has 0 aromatic heterocycles. The molecular formula is C40H60N6O2. The highest BCUT2D eigenvalue weighted by Gasteiger charge is 2.55. The maximum atomic E-state index is 12.9. The van der Waals surface area contributed by atoms with Crippen LogP contribution in [0.25, 0.3) is 0 Å². The van der Waals surface area contributed by atoms with Crippen molar-refractivity contribution in [2.75, 3.05) is 39.8 Å². The van der Waals surface area contributed by atoms with E-state index in [1.165, 1.54) is 89.5 Å². The van der Waals surface area contributed by atoms with Crippen LogP contribution in [-0.2, 0) is 22.4 Å². The van der Waals surface area contributed by atoms with E-state index in [9.17, 15) is 10.1 Å². The van der Waals surface area contributed by atoms with Crippen molar-refractivity contribution in [1.82, 2.24) is 24.9 Å². The number of nitrogens with one attached hydrogen (secondary N) is 1. The van der Waals surface area contributed by atoms with Crippen LogP contribution in [0.4, 0.5) is 0 Å². The van der Waals surface area contributed by atoms with Gasteiger partial charge in [-0.1, -0.05) is 63.5 Å². The maximum Gasteiger partial charge on any atom is 0.246 e. The fraction of sp³-hybridized carbons (Fsp3) is 0.750. The molecule has 6 aliphatic rings. The van der Waals surface area contributed by atoms with Gasteiger partial charge in [0, 0.05) is 43.7 Å². The Morgan fingerprint density at radius 2 is 1.85 bits per heavy atom. The van der Waals surface area contributed by atoms with Crippen LogP contribution in [0.5, 0.6) is 0 Å². The Hall–Kier alpha value is -2.28. The van der Waals surface area contributed by atoms with Gasteiger partial charge in [-0.15, -0.1) is 0 Å². The number of carbonyl (C=O) groups excluding carboxylic acids is 1. The van der Waals surface area contributed by atoms with Gasteiger partial charge in [-0.3, -0.25) is 15.0 Å². The molecule has 8 atom stereocenters. The zero-order valence-electron chi connectivity index (χ0n) is 29.7. The van der Waals surface area contributed by atoms with Crippen LogP contribution in [-0.4, -0.2) is 102 Å². The summed E-state index contributed by atoms with van der Waals surface area (Å²) in [6.07, 6.45) is 18.0. The number of amides is 1. The first-order valence-corrected chi connectivity index (χ1v) is 19.4. The molecular weight excluding hydrogens is 596 g/mol. The second-order valence-electron chi connectivity index (χ2n) is 16.3. The van der Waals surface area contributed by atoms with Crippen molar-refractivity contribution in [3.05, 3.63) is 48.0 Å². The molecule has 3 aliphatic carbocycles. The molecule has 7 rings (SSSR count). The highest BCUT2D eigenvalue weighted by atomic mass is 16.5. The molecule has 1 aromatic carbocycles. The van der Waals surface area contributed by atoms with E-state index in [-0.39, 0.29) is 24.5 Å². The fourth-order valence-electron chi connectivity index (χ4n) is 10.9. The highest BCUT2D eigenvalue weighted by Crippen LogP contribution is 2.53. The van der Waals surface area contributed by atoms with E-state index in [1.807, 2.05) is 4.90 Å². The van der Waals surface area contributed by atoms with Gasteiger partial charge in [0.1, 0.15) is 0 Å². The summed E-state index contributed by atoms with van der Waals surface area (Å²) in [6.45, 7) is 10.4. The molecule has 48 heavy (non-hydrogen) atoms. The van der Waals surface area contributed by atoms with Crippen LogP contribution in [0.15, 0.2) is 36.9 Å². The first-order chi connectivity index (χ1) is 23.4. The molecule has 1 aromatic rings. The first-order valence-electron chi connectivity index (χ1n) is 19.4. The summed E-state index contributed by atoms with van der Waals surface area (Å²) in [5, 5.41) is 14.1. The number of rotatable bonds is 7. The Kier molecular flexibility index (Phi) is 10.6. The largest absolute Gasteiger partial charge is 0.348 e. The number of nitriles is 1. The smallest absolute Gasteiger partial charge is 0.246 e. The van der Waals surface area contributed by atoms with E-state index in [1.54, 1.807) is 11.1 Å². The molecule has 2 saturated carbocycles. The summed E-state index contributed by atoms with van der Waals surface area (Å²) >= 11 is 0. The van der Waals surface area contributed by atoms with Crippen molar-refractivity contribution in [2.24, 2.45) is 17.3 Å². The Bertz CT molecular complexity index is 1320. The van der Waals surface area contributed by atoms with Crippen LogP contribution in [0.3, 0.4) is 0 Å². The van der Waals surface area contributed by atoms with Gasteiger partial charge in [0.05, 0.1) is 31.3 Å². The Morgan fingerprint density at radius 3 is 2.58 bits per heavy atom. The number of ether oxygens (including phenoxy) is 1. The monoisotopic (exact) mass is 656 g/mol. The molecule has 262 valence electrons. The molecule has 7 unspecified atom stereocenters. The lowest BCUT2D eigenvalue weighted by molar-refractivity contribution is -0.220. The fourth-order valence-corrected chi connectivity index (χ4v) is 10.9. The second-order valence-corrected chi connectivity index (χ2v) is 16.3. The van der Waals surface area contributed by atoms with Gasteiger partial charge >= 0.3 is 0 Å². The van der Waals surface area contributed by atoms with Gasteiger partial charge in [-0.05, 0) is 99.9 Å². The summed E-state index contributed by atoms with van der Waals surface area (Å²) in [7, 11) is 2.25. The number of carbonyl (C=O) groups is 1. The van der Waals surface area contributed by atoms with Gasteiger partial charge in [0.2, 0.25) is 5.91 Å². The molecule has 8 nitrogen and oxygen atoms in total. The van der Waals surface area contributed by atoms with Crippen LogP contribution < -0.4 is 5.32 Å². The second kappa shape index (κ2) is 14.9. The summed E-state index contributed by atoms with van der Waals surface area (Å²) in [4.78, 5) is 22.8. The number of benzene rings is 1. The number of piperazine rings is 1. The lowest BCUT2D eigenvalue weighted by Gasteiger charge is -2.61. The highest BCUT2D eigenvalue weighted by molar-refractivity contribution is 5.87. The maximum absolute atomic E-state index is 12.9. The predicted octanol–water partition coefficient (Wildman–Crippen LogP) is 5.54. The quantitative estimate of drug-likeness (QED) is 0.305. The van der Waals surface area contributed by atoms with Crippen molar-refractivity contribution >= 4 is 5.91 Å². The summed E-state index contributed by atoms with van der Waals surface area (Å²) in [6, 6.07) is 12.8. The minimum Gasteiger partial charge on any atom is -0.348 e. The first kappa shape index (κ1) is 34.2. The number of hydrogen-bond donors (Lipinski definition) is 1. The third-order valence-corrected chi connectivity index (χ3v) is 13.7. The lowest BCUT2D eigenvalue weighted by atomic mass is 9.55. The van der Waals surface area contributed by atoms with E-state index in [2.05, 4.69) is 70.9 Å². The van der Waals surface area contributed by atoms with E-state index in [0.717, 1.165) is 26.2 Å². The normalized spacial score (nSPS) is 37.0. The minimum atomic E-state index is -0.128.